The molecule has 2 unspecified atom stereocenters. The summed E-state index contributed by atoms with van der Waals surface area (Å²) in [7, 11) is 1.89. The number of aromatic nitrogens is 3. The predicted octanol–water partition coefficient (Wildman–Crippen LogP) is -4.78. The van der Waals surface area contributed by atoms with E-state index < -0.39 is 47.0 Å². The fraction of sp³-hybridized carbons (Fsp3) is 0.304. The van der Waals surface area contributed by atoms with E-state index in [0.29, 0.717) is 5.57 Å². The van der Waals surface area contributed by atoms with E-state index in [-0.39, 0.29) is 57.6 Å². The van der Waals surface area contributed by atoms with Gasteiger partial charge in [-0.3, -0.25) is 14.5 Å². The number of carbonyl (C=O) groups is 4. The molecule has 14 nitrogen and oxygen atoms in total. The number of oxime groups is 1. The van der Waals surface area contributed by atoms with Crippen molar-refractivity contribution in [3.05, 3.63) is 40.8 Å². The number of nitrogens with one attached hydrogen (secondary N) is 1. The summed E-state index contributed by atoms with van der Waals surface area (Å²) in [6.07, 6.45) is 2.34. The molecule has 3 atom stereocenters. The van der Waals surface area contributed by atoms with Gasteiger partial charge in [0.25, 0.3) is 11.8 Å². The number of amides is 2. The number of pyridine rings is 1. The van der Waals surface area contributed by atoms with Gasteiger partial charge in [-0.25, -0.2) is 14.5 Å². The first-order chi connectivity index (χ1) is 19.5. The monoisotopic (exact) mass is 657 g/mol. The molecule has 0 saturated carbocycles. The summed E-state index contributed by atoms with van der Waals surface area (Å²) >= 11 is 5.16. The number of fused-ring (bicyclic) bond motifs is 2. The topological polar surface area (TPSA) is 207 Å². The molecular weight excluding hydrogens is 638 g/mol. The molecule has 3 aromatic rings. The number of aliphatic carboxylic acids is 2. The molecule has 0 aliphatic carbocycles. The number of thioether (sulfide) groups is 2. The summed E-state index contributed by atoms with van der Waals surface area (Å²) in [6, 6.07) is 0.869. The number of carboxylic acids is 2. The Kier molecular flexibility index (Phi) is 10.2. The first-order valence-corrected chi connectivity index (χ1v) is 15.5. The second kappa shape index (κ2) is 13.3. The van der Waals surface area contributed by atoms with E-state index in [1.165, 1.54) is 40.2 Å². The van der Waals surface area contributed by atoms with Crippen molar-refractivity contribution in [2.75, 3.05) is 17.2 Å². The zero-order valence-electron chi connectivity index (χ0n) is 22.3. The number of aryl methyl sites for hydroxylation is 1. The van der Waals surface area contributed by atoms with E-state index >= 15 is 0 Å². The van der Waals surface area contributed by atoms with E-state index in [4.69, 9.17) is 10.6 Å². The molecule has 3 N–H and O–H groups in total. The van der Waals surface area contributed by atoms with Crippen LogP contribution in [0.3, 0.4) is 0 Å². The Morgan fingerprint density at radius 1 is 1.36 bits per heavy atom. The van der Waals surface area contributed by atoms with Crippen LogP contribution in [-0.2, 0) is 31.1 Å². The number of hydrogen-bond acceptors (Lipinski definition) is 15. The van der Waals surface area contributed by atoms with Crippen LogP contribution in [0.2, 0.25) is 0 Å². The van der Waals surface area contributed by atoms with Gasteiger partial charge >= 0.3 is 29.6 Å². The van der Waals surface area contributed by atoms with Gasteiger partial charge in [-0.05, 0) is 12.5 Å². The van der Waals surface area contributed by atoms with E-state index in [1.807, 2.05) is 30.1 Å². The largest absolute Gasteiger partial charge is 1.00 e. The van der Waals surface area contributed by atoms with Crippen LogP contribution in [-0.4, -0.2) is 73.4 Å². The summed E-state index contributed by atoms with van der Waals surface area (Å²) in [6.45, 7) is 1.16. The third kappa shape index (κ3) is 6.58. The number of nitrogen functional groups attached to an aromatic ring is 1. The van der Waals surface area contributed by atoms with Gasteiger partial charge in [0.05, 0.1) is 22.3 Å². The van der Waals surface area contributed by atoms with Gasteiger partial charge in [-0.1, -0.05) is 16.9 Å². The number of hydrogen-bond donors (Lipinski definition) is 2. The van der Waals surface area contributed by atoms with Crippen LogP contribution >= 0.6 is 46.2 Å². The van der Waals surface area contributed by atoms with Crippen LogP contribution in [0.25, 0.3) is 10.2 Å². The van der Waals surface area contributed by atoms with E-state index in [9.17, 15) is 29.4 Å². The predicted molar refractivity (Wildman–Crippen MR) is 147 cm³/mol. The maximum Gasteiger partial charge on any atom is 1.00 e. The van der Waals surface area contributed by atoms with Crippen molar-refractivity contribution in [2.24, 2.45) is 12.2 Å². The number of rotatable bonds is 10. The van der Waals surface area contributed by atoms with Gasteiger partial charge in [-0.2, -0.15) is 0 Å². The van der Waals surface area contributed by atoms with Crippen molar-refractivity contribution in [3.8, 4) is 0 Å². The average Bonchev–Trinajstić information content (AvgIpc) is 3.54. The molecule has 1 fully saturated rings. The summed E-state index contributed by atoms with van der Waals surface area (Å²) in [5, 5.41) is 30.1. The summed E-state index contributed by atoms with van der Waals surface area (Å²) in [4.78, 5) is 63.8. The molecule has 42 heavy (non-hydrogen) atoms. The minimum Gasteiger partial charge on any atom is -0.546 e. The van der Waals surface area contributed by atoms with Gasteiger partial charge in [0, 0.05) is 23.0 Å². The molecule has 0 bridgehead atoms. The van der Waals surface area contributed by atoms with Crippen LogP contribution in [0.1, 0.15) is 12.6 Å². The summed E-state index contributed by atoms with van der Waals surface area (Å²) in [5.74, 6) is -4.01. The quantitative estimate of drug-likeness (QED) is 0.0526. The number of carboxylic acid groups (broad SMARTS) is 2. The number of nitrogens with zero attached hydrogens (tertiary/aromatic N) is 5. The molecular formula is C23H20N7NaO7S4. The van der Waals surface area contributed by atoms with Crippen molar-refractivity contribution in [1.29, 1.82) is 0 Å². The molecule has 2 amide bonds. The number of anilines is 1. The SMILES string of the molecule is C[C@H](O/N=C(\C(=O)NC1C(=O)N2C(C(=O)[O-])=C(CSc3nc4c[n+](C)ccc4s3)CSC12)c1csc(N)n1)C(=O)[O-].[Na+]. The number of carbonyl (C=O) groups excluding carboxylic acids is 4. The minimum absolute atomic E-state index is 0. The zero-order valence-corrected chi connectivity index (χ0v) is 27.5. The molecule has 0 spiro atoms. The summed E-state index contributed by atoms with van der Waals surface area (Å²) in [5.41, 5.74) is 6.36. The molecule has 19 heteroatoms. The van der Waals surface area contributed by atoms with E-state index in [1.54, 1.807) is 0 Å². The van der Waals surface area contributed by atoms with Crippen molar-refractivity contribution in [1.82, 2.24) is 20.2 Å². The Morgan fingerprint density at radius 3 is 2.79 bits per heavy atom. The number of nitrogens with two attached hydrogens (primary N) is 1. The zero-order chi connectivity index (χ0) is 29.4. The van der Waals surface area contributed by atoms with Gasteiger partial charge in [-0.15, -0.1) is 34.4 Å². The Labute approximate surface area is 276 Å². The second-order valence-corrected chi connectivity index (χ2v) is 13.1. The van der Waals surface area contributed by atoms with E-state index in [2.05, 4.69) is 20.4 Å². The Balaban J connectivity index is 0.00000405. The molecule has 1 saturated heterocycles. The number of β-lactam (4-membered cyclic amide) rings is 1. The first kappa shape index (κ1) is 32.2. The van der Waals surface area contributed by atoms with Crippen LogP contribution in [0.4, 0.5) is 5.13 Å². The molecule has 2 aliphatic heterocycles. The fourth-order valence-electron chi connectivity index (χ4n) is 3.93. The average molecular weight is 658 g/mol. The molecule has 0 radical (unpaired) electrons. The number of thiazole rings is 2. The molecule has 214 valence electrons. The molecule has 5 heterocycles. The van der Waals surface area contributed by atoms with Gasteiger partial charge in [0.2, 0.25) is 0 Å². The van der Waals surface area contributed by atoms with E-state index in [0.717, 1.165) is 37.7 Å². The molecule has 2 aliphatic rings. The second-order valence-electron chi connectivity index (χ2n) is 8.81. The van der Waals surface area contributed by atoms with Crippen LogP contribution in [0, 0.1) is 0 Å². The van der Waals surface area contributed by atoms with Crippen LogP contribution in [0.5, 0.6) is 0 Å². The van der Waals surface area contributed by atoms with Crippen molar-refractivity contribution in [3.63, 3.8) is 0 Å². The normalized spacial score (nSPS) is 19.0. The third-order valence-corrected chi connectivity index (χ3v) is 10.2. The van der Waals surface area contributed by atoms with Crippen molar-refractivity contribution >= 4 is 91.0 Å². The van der Waals surface area contributed by atoms with Gasteiger partial charge in [0.1, 0.15) is 29.7 Å². The smallest absolute Gasteiger partial charge is 0.546 e. The van der Waals surface area contributed by atoms with Crippen LogP contribution < -0.4 is 55.4 Å². The fourth-order valence-corrected chi connectivity index (χ4v) is 8.00. The van der Waals surface area contributed by atoms with Crippen molar-refractivity contribution < 1.29 is 68.4 Å². The molecule has 0 aromatic carbocycles. The Hall–Kier alpha value is -2.74. The maximum absolute atomic E-state index is 13.1. The molecule has 3 aromatic heterocycles. The van der Waals surface area contributed by atoms with Gasteiger partial charge < -0.3 is 35.7 Å². The minimum atomic E-state index is -1.55. The maximum atomic E-state index is 13.1. The standard InChI is InChI=1S/C23H21N7O7S4.Na/c1-9(20(33)34)37-28-14(12-8-39-22(24)25-12)17(31)27-15-18(32)30-16(21(35)36)10(6-38-19(15)30)7-40-23-26-11-5-29(2)4-3-13(11)41-23;/h3-5,8-9,15,19H,6-7H2,1-2H3,(H4-,24,25,27,31,33,34,35,36);/q;+1/p-1/b28-14-;/t9-,15?,19?;/m0./s1. The molecule has 5 rings (SSSR count). The third-order valence-electron chi connectivity index (χ3n) is 5.96. The van der Waals surface area contributed by atoms with Gasteiger partial charge in [0.15, 0.2) is 33.7 Å². The van der Waals surface area contributed by atoms with Crippen molar-refractivity contribution in [2.45, 2.75) is 28.8 Å². The first-order valence-electron chi connectivity index (χ1n) is 11.8. The van der Waals surface area contributed by atoms with Crippen LogP contribution in [0.15, 0.2) is 44.6 Å². The summed E-state index contributed by atoms with van der Waals surface area (Å²) < 4.78 is 3.64. The Morgan fingerprint density at radius 2 is 2.12 bits per heavy atom. The Bertz CT molecular complexity index is 1640.